The summed E-state index contributed by atoms with van der Waals surface area (Å²) in [5.74, 6) is -0.561. The molecule has 0 aliphatic heterocycles. The van der Waals surface area contributed by atoms with E-state index in [0.717, 1.165) is 18.2 Å². The number of nitrogens with two attached hydrogens (primary N) is 1. The van der Waals surface area contributed by atoms with Crippen LogP contribution in [0.5, 0.6) is 0 Å². The quantitative estimate of drug-likeness (QED) is 0.563. The highest BCUT2D eigenvalue weighted by molar-refractivity contribution is 7.89. The molecule has 17 heavy (non-hydrogen) atoms. The van der Waals surface area contributed by atoms with Gasteiger partial charge in [0.2, 0.25) is 10.0 Å². The number of nitrogens with one attached hydrogen (secondary N) is 1. The molecular weight excluding hydrogens is 250 g/mol. The zero-order valence-electron chi connectivity index (χ0n) is 8.71. The van der Waals surface area contributed by atoms with E-state index in [9.17, 15) is 23.3 Å². The number of carbonyl (C=O) groups is 1. The first-order valence-corrected chi connectivity index (χ1v) is 5.85. The largest absolute Gasteiger partial charge is 0.355 e. The lowest BCUT2D eigenvalue weighted by Gasteiger charge is -2.03. The lowest BCUT2D eigenvalue weighted by atomic mass is 10.2. The summed E-state index contributed by atoms with van der Waals surface area (Å²) in [7, 11) is -2.85. The van der Waals surface area contributed by atoms with Gasteiger partial charge in [0.15, 0.2) is 4.90 Å². The van der Waals surface area contributed by atoms with Crippen molar-refractivity contribution in [3.05, 3.63) is 33.9 Å². The first-order valence-electron chi connectivity index (χ1n) is 4.30. The molecule has 8 nitrogen and oxygen atoms in total. The highest BCUT2D eigenvalue weighted by Gasteiger charge is 2.24. The Balaban J connectivity index is 3.48. The van der Waals surface area contributed by atoms with Gasteiger partial charge in [-0.25, -0.2) is 13.6 Å². The molecule has 1 aromatic carbocycles. The average Bonchev–Trinajstić information content (AvgIpc) is 2.25. The maximum Gasteiger partial charge on any atom is 0.290 e. The second-order valence-corrected chi connectivity index (χ2v) is 4.59. The van der Waals surface area contributed by atoms with Gasteiger partial charge in [0, 0.05) is 18.7 Å². The summed E-state index contributed by atoms with van der Waals surface area (Å²) < 4.78 is 22.2. The number of carbonyl (C=O) groups excluding carboxylic acids is 1. The second kappa shape index (κ2) is 4.47. The van der Waals surface area contributed by atoms with Gasteiger partial charge in [0.25, 0.3) is 11.6 Å². The number of rotatable bonds is 3. The van der Waals surface area contributed by atoms with Crippen LogP contribution in [0.25, 0.3) is 0 Å². The van der Waals surface area contributed by atoms with E-state index in [1.807, 2.05) is 0 Å². The van der Waals surface area contributed by atoms with Crippen molar-refractivity contribution >= 4 is 21.6 Å². The molecule has 1 amide bonds. The number of nitrogens with zero attached hydrogens (tertiary/aromatic N) is 1. The standard InChI is InChI=1S/C8H9N3O5S/c1-10-8(12)5-2-3-7(17(9,15)16)6(4-5)11(13)14/h2-4H,1H3,(H,10,12)(H2,9,15,16). The van der Waals surface area contributed by atoms with Crippen LogP contribution < -0.4 is 10.5 Å². The van der Waals surface area contributed by atoms with Gasteiger partial charge in [-0.3, -0.25) is 14.9 Å². The molecular formula is C8H9N3O5S. The van der Waals surface area contributed by atoms with Crippen LogP contribution in [0.4, 0.5) is 5.69 Å². The fourth-order valence-electron chi connectivity index (χ4n) is 1.19. The first kappa shape index (κ1) is 13.1. The Morgan fingerprint density at radius 1 is 1.47 bits per heavy atom. The first-order chi connectivity index (χ1) is 7.77. The zero-order chi connectivity index (χ0) is 13.2. The molecule has 1 aromatic rings. The number of hydrogen-bond acceptors (Lipinski definition) is 5. The fraction of sp³-hybridized carbons (Fsp3) is 0.125. The van der Waals surface area contributed by atoms with Crippen molar-refractivity contribution in [1.82, 2.24) is 5.32 Å². The van der Waals surface area contributed by atoms with E-state index in [1.165, 1.54) is 7.05 Å². The minimum atomic E-state index is -4.20. The van der Waals surface area contributed by atoms with Crippen LogP contribution >= 0.6 is 0 Å². The third-order valence-corrected chi connectivity index (χ3v) is 2.91. The Labute approximate surface area is 96.6 Å². The van der Waals surface area contributed by atoms with Crippen LogP contribution in [0.15, 0.2) is 23.1 Å². The van der Waals surface area contributed by atoms with Crippen molar-refractivity contribution in [1.29, 1.82) is 0 Å². The summed E-state index contributed by atoms with van der Waals surface area (Å²) in [5.41, 5.74) is -0.750. The van der Waals surface area contributed by atoms with Gasteiger partial charge in [0.1, 0.15) is 0 Å². The number of sulfonamides is 1. The van der Waals surface area contributed by atoms with Gasteiger partial charge >= 0.3 is 0 Å². The molecule has 0 saturated carbocycles. The molecule has 92 valence electrons. The number of hydrogen-bond donors (Lipinski definition) is 2. The third kappa shape index (κ3) is 2.77. The monoisotopic (exact) mass is 259 g/mol. The molecule has 3 N–H and O–H groups in total. The summed E-state index contributed by atoms with van der Waals surface area (Å²) in [6, 6.07) is 2.93. The molecule has 0 fully saturated rings. The van der Waals surface area contributed by atoms with Crippen molar-refractivity contribution in [2.24, 2.45) is 5.14 Å². The maximum absolute atomic E-state index is 11.2. The molecule has 0 aromatic heterocycles. The van der Waals surface area contributed by atoms with E-state index in [0.29, 0.717) is 0 Å². The van der Waals surface area contributed by atoms with E-state index < -0.39 is 31.4 Å². The van der Waals surface area contributed by atoms with Crippen LogP contribution in [0.2, 0.25) is 0 Å². The number of amides is 1. The van der Waals surface area contributed by atoms with Gasteiger partial charge in [-0.2, -0.15) is 0 Å². The fourth-order valence-corrected chi connectivity index (χ4v) is 1.87. The van der Waals surface area contributed by atoms with E-state index in [-0.39, 0.29) is 5.56 Å². The minimum absolute atomic E-state index is 0.0217. The SMILES string of the molecule is CNC(=O)c1ccc(S(N)(=O)=O)c([N+](=O)[O-])c1. The van der Waals surface area contributed by atoms with E-state index in [1.54, 1.807) is 0 Å². The Bertz CT molecular complexity index is 581. The molecule has 0 aliphatic rings. The van der Waals surface area contributed by atoms with Gasteiger partial charge < -0.3 is 5.32 Å². The number of benzene rings is 1. The molecule has 0 bridgehead atoms. The molecule has 0 heterocycles. The Morgan fingerprint density at radius 3 is 2.47 bits per heavy atom. The van der Waals surface area contributed by atoms with E-state index >= 15 is 0 Å². The number of nitro groups is 1. The van der Waals surface area contributed by atoms with E-state index in [2.05, 4.69) is 5.32 Å². The Hall–Kier alpha value is -2.00. The van der Waals surface area contributed by atoms with Crippen molar-refractivity contribution in [2.75, 3.05) is 7.05 Å². The Morgan fingerprint density at radius 2 is 2.06 bits per heavy atom. The second-order valence-electron chi connectivity index (χ2n) is 3.06. The zero-order valence-corrected chi connectivity index (χ0v) is 9.52. The number of primary sulfonamides is 1. The van der Waals surface area contributed by atoms with Crippen LogP contribution in [0.1, 0.15) is 10.4 Å². The van der Waals surface area contributed by atoms with Crippen LogP contribution in [-0.2, 0) is 10.0 Å². The van der Waals surface area contributed by atoms with Crippen LogP contribution in [0.3, 0.4) is 0 Å². The van der Waals surface area contributed by atoms with Crippen molar-refractivity contribution in [3.8, 4) is 0 Å². The summed E-state index contributed by atoms with van der Waals surface area (Å²) in [4.78, 5) is 20.4. The lowest BCUT2D eigenvalue weighted by Crippen LogP contribution is -2.19. The predicted molar refractivity (Wildman–Crippen MR) is 57.9 cm³/mol. The van der Waals surface area contributed by atoms with Gasteiger partial charge in [0.05, 0.1) is 4.92 Å². The highest BCUT2D eigenvalue weighted by atomic mass is 32.2. The summed E-state index contributed by atoms with van der Waals surface area (Å²) in [6.45, 7) is 0. The summed E-state index contributed by atoms with van der Waals surface area (Å²) in [5, 5.41) is 17.8. The summed E-state index contributed by atoms with van der Waals surface area (Å²) >= 11 is 0. The maximum atomic E-state index is 11.2. The van der Waals surface area contributed by atoms with Gasteiger partial charge in [-0.05, 0) is 12.1 Å². The average molecular weight is 259 g/mol. The third-order valence-electron chi connectivity index (χ3n) is 1.95. The van der Waals surface area contributed by atoms with Gasteiger partial charge in [-0.1, -0.05) is 0 Å². The summed E-state index contributed by atoms with van der Waals surface area (Å²) in [6.07, 6.45) is 0. The van der Waals surface area contributed by atoms with Crippen molar-refractivity contribution in [3.63, 3.8) is 0 Å². The van der Waals surface area contributed by atoms with Crippen molar-refractivity contribution in [2.45, 2.75) is 4.90 Å². The minimum Gasteiger partial charge on any atom is -0.355 e. The van der Waals surface area contributed by atoms with Crippen LogP contribution in [0, 0.1) is 10.1 Å². The molecule has 0 radical (unpaired) electrons. The molecule has 0 atom stereocenters. The molecule has 9 heteroatoms. The molecule has 0 spiro atoms. The highest BCUT2D eigenvalue weighted by Crippen LogP contribution is 2.23. The smallest absolute Gasteiger partial charge is 0.290 e. The number of nitro benzene ring substituents is 1. The van der Waals surface area contributed by atoms with E-state index in [4.69, 9.17) is 5.14 Å². The lowest BCUT2D eigenvalue weighted by molar-refractivity contribution is -0.387. The molecule has 1 rings (SSSR count). The predicted octanol–water partition coefficient (Wildman–Crippen LogP) is -0.398. The van der Waals surface area contributed by atoms with Crippen LogP contribution in [-0.4, -0.2) is 26.3 Å². The molecule has 0 aliphatic carbocycles. The normalized spacial score (nSPS) is 10.9. The molecule has 0 saturated heterocycles. The molecule has 0 unspecified atom stereocenters. The Kier molecular flexibility index (Phi) is 3.44. The van der Waals surface area contributed by atoms with Crippen molar-refractivity contribution < 1.29 is 18.1 Å². The topological polar surface area (TPSA) is 132 Å². The van der Waals surface area contributed by atoms with Gasteiger partial charge in [-0.15, -0.1) is 0 Å².